The fraction of sp³-hybridized carbons (Fsp3) is 0.417. The summed E-state index contributed by atoms with van der Waals surface area (Å²) in [6, 6.07) is 0. The molecule has 7 nitrogen and oxygen atoms in total. The average Bonchev–Trinajstić information content (AvgIpc) is 2.99. The number of carbonyl (C=O) groups is 1. The van der Waals surface area contributed by atoms with Crippen molar-refractivity contribution >= 4 is 17.3 Å². The minimum absolute atomic E-state index is 0.0973. The molecule has 0 aliphatic carbocycles. The van der Waals surface area contributed by atoms with Crippen LogP contribution in [0.25, 0.3) is 5.13 Å². The third-order valence-corrected chi connectivity index (χ3v) is 3.55. The summed E-state index contributed by atoms with van der Waals surface area (Å²) in [5.74, 6) is -0.512. The van der Waals surface area contributed by atoms with E-state index in [0.29, 0.717) is 16.4 Å². The Labute approximate surface area is 118 Å². The monoisotopic (exact) mass is 297 g/mol. The lowest BCUT2D eigenvalue weighted by Gasteiger charge is -1.96. The molecule has 0 amide bonds. The first-order valence-electron chi connectivity index (χ1n) is 6.12. The van der Waals surface area contributed by atoms with E-state index in [1.807, 2.05) is 0 Å². The number of aromatic amines is 1. The zero-order chi connectivity index (χ0) is 14.7. The number of carbonyl (C=O) groups excluding carboxylic acids is 1. The van der Waals surface area contributed by atoms with Gasteiger partial charge in [0.1, 0.15) is 0 Å². The van der Waals surface area contributed by atoms with Crippen molar-refractivity contribution in [2.24, 2.45) is 0 Å². The van der Waals surface area contributed by atoms with Crippen molar-refractivity contribution in [3.63, 3.8) is 0 Å². The molecule has 0 bridgehead atoms. The van der Waals surface area contributed by atoms with Gasteiger partial charge in [-0.05, 0) is 13.8 Å². The molecule has 0 fully saturated rings. The highest BCUT2D eigenvalue weighted by Gasteiger charge is 2.17. The van der Waals surface area contributed by atoms with Gasteiger partial charge in [-0.25, -0.2) is 9.78 Å². The van der Waals surface area contributed by atoms with Crippen LogP contribution in [0.2, 0.25) is 0 Å². The van der Waals surface area contributed by atoms with Crippen LogP contribution in [0.4, 0.5) is 0 Å². The van der Waals surface area contributed by atoms with E-state index in [1.54, 1.807) is 19.2 Å². The molecule has 8 heteroatoms. The van der Waals surface area contributed by atoms with Gasteiger partial charge in [0.15, 0.2) is 5.69 Å². The molecule has 0 spiro atoms. The van der Waals surface area contributed by atoms with Crippen molar-refractivity contribution < 1.29 is 14.6 Å². The van der Waals surface area contributed by atoms with Gasteiger partial charge in [0.05, 0.1) is 6.61 Å². The molecular formula is C12H15N3O4S. The predicted octanol–water partition coefficient (Wildman–Crippen LogP) is 0.642. The number of esters is 1. The Morgan fingerprint density at radius 1 is 1.60 bits per heavy atom. The lowest BCUT2D eigenvalue weighted by Crippen LogP contribution is -2.18. The molecule has 0 saturated carbocycles. The van der Waals surface area contributed by atoms with Gasteiger partial charge in [0, 0.05) is 29.7 Å². The largest absolute Gasteiger partial charge is 0.461 e. The number of thiazole rings is 1. The summed E-state index contributed by atoms with van der Waals surface area (Å²) >= 11 is 1.17. The summed E-state index contributed by atoms with van der Waals surface area (Å²) in [5, 5.41) is 13.7. The zero-order valence-electron chi connectivity index (χ0n) is 11.2. The first-order valence-corrected chi connectivity index (χ1v) is 7.00. The second kappa shape index (κ2) is 6.02. The van der Waals surface area contributed by atoms with Crippen LogP contribution >= 0.6 is 11.3 Å². The molecule has 2 aromatic heterocycles. The molecule has 0 radical (unpaired) electrons. The molecule has 0 atom stereocenters. The smallest absolute Gasteiger partial charge is 0.357 e. The first-order chi connectivity index (χ1) is 9.58. The lowest BCUT2D eigenvalue weighted by molar-refractivity contribution is 0.0520. The van der Waals surface area contributed by atoms with Crippen LogP contribution in [0.1, 0.15) is 28.7 Å². The Kier molecular flexibility index (Phi) is 4.35. The second-order valence-electron chi connectivity index (χ2n) is 4.07. The van der Waals surface area contributed by atoms with E-state index in [1.165, 1.54) is 16.0 Å². The number of rotatable bonds is 5. The van der Waals surface area contributed by atoms with Crippen molar-refractivity contribution in [1.82, 2.24) is 14.8 Å². The number of aliphatic hydroxyl groups is 1. The fourth-order valence-electron chi connectivity index (χ4n) is 1.79. The number of hydrogen-bond acceptors (Lipinski definition) is 6. The molecule has 2 aromatic rings. The van der Waals surface area contributed by atoms with Crippen molar-refractivity contribution in [1.29, 1.82) is 0 Å². The van der Waals surface area contributed by atoms with Crippen LogP contribution < -0.4 is 5.56 Å². The Hall–Kier alpha value is -1.93. The van der Waals surface area contributed by atoms with Crippen LogP contribution in [-0.2, 0) is 11.2 Å². The van der Waals surface area contributed by atoms with E-state index in [9.17, 15) is 9.59 Å². The Bertz CT molecular complexity index is 671. The van der Waals surface area contributed by atoms with E-state index in [2.05, 4.69) is 10.1 Å². The quantitative estimate of drug-likeness (QED) is 0.789. The van der Waals surface area contributed by atoms with Gasteiger partial charge >= 0.3 is 5.97 Å². The summed E-state index contributed by atoms with van der Waals surface area (Å²) in [6.45, 7) is 3.64. The first kappa shape index (κ1) is 14.5. The van der Waals surface area contributed by atoms with E-state index >= 15 is 0 Å². The maximum absolute atomic E-state index is 12.2. The molecular weight excluding hydrogens is 282 g/mol. The normalized spacial score (nSPS) is 10.8. The summed E-state index contributed by atoms with van der Waals surface area (Å²) < 4.78 is 6.12. The maximum atomic E-state index is 12.2. The molecule has 2 N–H and O–H groups in total. The Balaban J connectivity index is 2.36. The van der Waals surface area contributed by atoms with Gasteiger partial charge in [-0.15, -0.1) is 11.3 Å². The number of nitrogens with one attached hydrogen (secondary N) is 1. The maximum Gasteiger partial charge on any atom is 0.357 e. The number of aliphatic hydroxyl groups excluding tert-OH is 1. The van der Waals surface area contributed by atoms with Crippen molar-refractivity contribution in [2.45, 2.75) is 20.3 Å². The van der Waals surface area contributed by atoms with Crippen molar-refractivity contribution in [2.75, 3.05) is 13.2 Å². The number of aryl methyl sites for hydroxylation is 1. The Morgan fingerprint density at radius 2 is 2.35 bits per heavy atom. The van der Waals surface area contributed by atoms with Crippen LogP contribution in [-0.4, -0.2) is 39.1 Å². The van der Waals surface area contributed by atoms with Crippen LogP contribution in [0.3, 0.4) is 0 Å². The van der Waals surface area contributed by atoms with Crippen molar-refractivity contribution in [3.05, 3.63) is 32.7 Å². The molecule has 20 heavy (non-hydrogen) atoms. The van der Waals surface area contributed by atoms with Crippen LogP contribution in [0.15, 0.2) is 10.2 Å². The van der Waals surface area contributed by atoms with Gasteiger partial charge in [-0.2, -0.15) is 4.68 Å². The van der Waals surface area contributed by atoms with Crippen LogP contribution in [0.5, 0.6) is 0 Å². The van der Waals surface area contributed by atoms with E-state index in [-0.39, 0.29) is 30.9 Å². The standard InChI is InChI=1S/C12H15N3O4S/c1-3-19-11(18)9-6-20-12(13-9)15-10(17)8(4-5-16)7(2)14-15/h6,14,16H,3-5H2,1-2H3. The molecule has 0 unspecified atom stereocenters. The highest BCUT2D eigenvalue weighted by molar-refractivity contribution is 7.12. The topological polar surface area (TPSA) is 97.2 Å². The van der Waals surface area contributed by atoms with Gasteiger partial charge < -0.3 is 9.84 Å². The van der Waals surface area contributed by atoms with Gasteiger partial charge in [0.25, 0.3) is 5.56 Å². The molecule has 2 rings (SSSR count). The van der Waals surface area contributed by atoms with E-state index in [4.69, 9.17) is 9.84 Å². The molecule has 108 valence electrons. The summed E-state index contributed by atoms with van der Waals surface area (Å²) in [6.07, 6.45) is 0.282. The summed E-state index contributed by atoms with van der Waals surface area (Å²) in [5.41, 5.74) is 1.10. The number of hydrogen-bond donors (Lipinski definition) is 2. The van der Waals surface area contributed by atoms with Gasteiger partial charge in [0.2, 0.25) is 5.13 Å². The molecule has 2 heterocycles. The molecule has 0 aromatic carbocycles. The van der Waals surface area contributed by atoms with Crippen molar-refractivity contribution in [3.8, 4) is 5.13 Å². The van der Waals surface area contributed by atoms with E-state index < -0.39 is 5.97 Å². The third-order valence-electron chi connectivity index (χ3n) is 2.72. The molecule has 0 aliphatic rings. The average molecular weight is 297 g/mol. The second-order valence-corrected chi connectivity index (χ2v) is 4.90. The number of ether oxygens (including phenoxy) is 1. The highest BCUT2D eigenvalue weighted by Crippen LogP contribution is 2.14. The Morgan fingerprint density at radius 3 is 3.00 bits per heavy atom. The minimum Gasteiger partial charge on any atom is -0.461 e. The molecule has 0 aliphatic heterocycles. The molecule has 0 saturated heterocycles. The predicted molar refractivity (Wildman–Crippen MR) is 73.5 cm³/mol. The number of nitrogens with zero attached hydrogens (tertiary/aromatic N) is 2. The minimum atomic E-state index is -0.512. The SMILES string of the molecule is CCOC(=O)c1csc(-n2[nH]c(C)c(CCO)c2=O)n1. The fourth-order valence-corrected chi connectivity index (χ4v) is 2.54. The lowest BCUT2D eigenvalue weighted by atomic mass is 10.2. The number of H-pyrrole nitrogens is 1. The summed E-state index contributed by atoms with van der Waals surface area (Å²) in [4.78, 5) is 27.8. The summed E-state index contributed by atoms with van der Waals surface area (Å²) in [7, 11) is 0. The van der Waals surface area contributed by atoms with Gasteiger partial charge in [-0.3, -0.25) is 9.89 Å². The third kappa shape index (κ3) is 2.66. The highest BCUT2D eigenvalue weighted by atomic mass is 32.1. The van der Waals surface area contributed by atoms with Crippen LogP contribution in [0, 0.1) is 6.92 Å². The zero-order valence-corrected chi connectivity index (χ0v) is 12.0. The van der Waals surface area contributed by atoms with E-state index in [0.717, 1.165) is 0 Å². The van der Waals surface area contributed by atoms with Gasteiger partial charge in [-0.1, -0.05) is 0 Å². The number of aromatic nitrogens is 3.